The number of carbonyl (C=O) groups excluding carboxylic acids is 2. The molecule has 1 atom stereocenters. The number of furan rings is 1. The lowest BCUT2D eigenvalue weighted by atomic mass is 9.96. The number of anilines is 1. The summed E-state index contributed by atoms with van der Waals surface area (Å²) in [5.41, 5.74) is 3.61. The minimum atomic E-state index is -0.795. The molecule has 2 aromatic carbocycles. The van der Waals surface area contributed by atoms with Gasteiger partial charge in [-0.25, -0.2) is 0 Å². The van der Waals surface area contributed by atoms with Crippen molar-refractivity contribution in [2.24, 2.45) is 0 Å². The van der Waals surface area contributed by atoms with Gasteiger partial charge in [-0.15, -0.1) is 0 Å². The number of aryl methyl sites for hydroxylation is 3. The van der Waals surface area contributed by atoms with Crippen molar-refractivity contribution >= 4 is 17.4 Å². The van der Waals surface area contributed by atoms with Crippen LogP contribution in [0.25, 0.3) is 0 Å². The van der Waals surface area contributed by atoms with Gasteiger partial charge in [0.05, 0.1) is 11.8 Å². The second-order valence-corrected chi connectivity index (χ2v) is 7.55. The van der Waals surface area contributed by atoms with E-state index >= 15 is 0 Å². The van der Waals surface area contributed by atoms with Gasteiger partial charge in [0.15, 0.2) is 11.5 Å². The first kappa shape index (κ1) is 19.7. The summed E-state index contributed by atoms with van der Waals surface area (Å²) in [6, 6.07) is 18.1. The molecular formula is C25H23NO4. The molecule has 5 nitrogen and oxygen atoms in total. The molecule has 0 saturated heterocycles. The summed E-state index contributed by atoms with van der Waals surface area (Å²) in [6.07, 6.45) is 2.22. The minimum absolute atomic E-state index is 0.0896. The maximum atomic E-state index is 13.2. The third-order valence-electron chi connectivity index (χ3n) is 5.43. The Morgan fingerprint density at radius 3 is 2.53 bits per heavy atom. The molecule has 1 aromatic heterocycles. The molecule has 1 aliphatic heterocycles. The Bertz CT molecular complexity index is 1110. The Morgan fingerprint density at radius 2 is 1.83 bits per heavy atom. The summed E-state index contributed by atoms with van der Waals surface area (Å²) >= 11 is 0. The van der Waals surface area contributed by atoms with Crippen LogP contribution in [0.1, 0.15) is 34.9 Å². The van der Waals surface area contributed by atoms with Crippen LogP contribution in [0, 0.1) is 13.8 Å². The lowest BCUT2D eigenvalue weighted by molar-refractivity contribution is -0.118. The van der Waals surface area contributed by atoms with Crippen LogP contribution in [0.5, 0.6) is 0 Å². The van der Waals surface area contributed by atoms with Gasteiger partial charge in [0.25, 0.3) is 5.91 Å². The Kier molecular flexibility index (Phi) is 5.27. The fourth-order valence-electron chi connectivity index (χ4n) is 3.87. The quantitative estimate of drug-likeness (QED) is 0.631. The maximum absolute atomic E-state index is 13.2. The van der Waals surface area contributed by atoms with E-state index in [9.17, 15) is 14.7 Å². The summed E-state index contributed by atoms with van der Waals surface area (Å²) in [4.78, 5) is 27.7. The molecule has 0 fully saturated rings. The van der Waals surface area contributed by atoms with Gasteiger partial charge in [-0.2, -0.15) is 0 Å². The highest BCUT2D eigenvalue weighted by Crippen LogP contribution is 2.42. The van der Waals surface area contributed by atoms with Crippen LogP contribution in [-0.4, -0.2) is 16.8 Å². The number of nitrogens with zero attached hydrogens (tertiary/aromatic N) is 1. The molecule has 152 valence electrons. The molecule has 1 N–H and O–H groups in total. The highest BCUT2D eigenvalue weighted by atomic mass is 16.3. The summed E-state index contributed by atoms with van der Waals surface area (Å²) in [5.74, 6) is -0.918. The normalized spacial score (nSPS) is 16.4. The van der Waals surface area contributed by atoms with Gasteiger partial charge in [-0.1, -0.05) is 42.5 Å². The number of ketones is 1. The fourth-order valence-corrected chi connectivity index (χ4v) is 3.87. The molecule has 0 bridgehead atoms. The van der Waals surface area contributed by atoms with Gasteiger partial charge in [0.2, 0.25) is 0 Å². The predicted molar refractivity (Wildman–Crippen MR) is 114 cm³/mol. The van der Waals surface area contributed by atoms with E-state index < -0.39 is 17.7 Å². The number of aliphatic hydroxyl groups excluding tert-OH is 1. The van der Waals surface area contributed by atoms with E-state index in [2.05, 4.69) is 0 Å². The fraction of sp³-hybridized carbons (Fsp3) is 0.200. The second-order valence-electron chi connectivity index (χ2n) is 7.55. The molecule has 30 heavy (non-hydrogen) atoms. The van der Waals surface area contributed by atoms with Crippen LogP contribution in [-0.2, 0) is 16.0 Å². The summed E-state index contributed by atoms with van der Waals surface area (Å²) < 4.78 is 5.59. The molecule has 4 rings (SSSR count). The molecule has 0 saturated carbocycles. The van der Waals surface area contributed by atoms with Gasteiger partial charge in [0, 0.05) is 12.1 Å². The van der Waals surface area contributed by atoms with Gasteiger partial charge >= 0.3 is 0 Å². The van der Waals surface area contributed by atoms with E-state index in [1.807, 2.05) is 62.4 Å². The smallest absolute Gasteiger partial charge is 0.294 e. The number of amides is 1. The molecule has 5 heteroatoms. The number of hydrogen-bond donors (Lipinski definition) is 1. The van der Waals surface area contributed by atoms with Crippen molar-refractivity contribution in [3.63, 3.8) is 0 Å². The Hall–Kier alpha value is -3.60. The van der Waals surface area contributed by atoms with Crippen molar-refractivity contribution in [1.82, 2.24) is 0 Å². The van der Waals surface area contributed by atoms with Gasteiger partial charge in [-0.3, -0.25) is 14.5 Å². The number of aliphatic hydroxyl groups is 1. The van der Waals surface area contributed by atoms with Gasteiger partial charge < -0.3 is 9.52 Å². The van der Waals surface area contributed by atoms with Crippen LogP contribution in [0.3, 0.4) is 0 Å². The lowest BCUT2D eigenvalue weighted by Crippen LogP contribution is -2.31. The van der Waals surface area contributed by atoms with E-state index in [1.165, 1.54) is 11.2 Å². The van der Waals surface area contributed by atoms with Crippen LogP contribution < -0.4 is 4.90 Å². The molecule has 3 aromatic rings. The number of Topliss-reactive ketones (excluding diaryl/α,β-unsaturated/α-hetero) is 1. The predicted octanol–water partition coefficient (Wildman–Crippen LogP) is 5.00. The summed E-state index contributed by atoms with van der Waals surface area (Å²) in [6.45, 7) is 3.83. The molecule has 2 heterocycles. The first-order valence-electron chi connectivity index (χ1n) is 9.92. The molecule has 0 radical (unpaired) electrons. The number of carbonyl (C=O) groups is 2. The number of benzene rings is 2. The van der Waals surface area contributed by atoms with E-state index in [0.717, 1.165) is 16.7 Å². The molecule has 1 amide bonds. The van der Waals surface area contributed by atoms with Crippen molar-refractivity contribution in [3.8, 4) is 0 Å². The Balaban J connectivity index is 1.72. The third kappa shape index (κ3) is 3.54. The SMILES string of the molecule is Cc1ccc(C)c(N2C(=O)C(O)=C(C(=O)CCc3ccccc3)C2c2ccco2)c1. The molecule has 0 spiro atoms. The Labute approximate surface area is 175 Å². The average molecular weight is 401 g/mol. The van der Waals surface area contributed by atoms with E-state index in [-0.39, 0.29) is 17.8 Å². The second kappa shape index (κ2) is 8.03. The molecular weight excluding hydrogens is 378 g/mol. The molecule has 1 unspecified atom stereocenters. The highest BCUT2D eigenvalue weighted by molar-refractivity contribution is 6.16. The van der Waals surface area contributed by atoms with Crippen LogP contribution >= 0.6 is 0 Å². The van der Waals surface area contributed by atoms with Crippen LogP contribution in [0.15, 0.2) is 82.7 Å². The third-order valence-corrected chi connectivity index (χ3v) is 5.43. The maximum Gasteiger partial charge on any atom is 0.294 e. The van der Waals surface area contributed by atoms with Crippen molar-refractivity contribution in [2.45, 2.75) is 32.7 Å². The largest absolute Gasteiger partial charge is 0.503 e. The number of rotatable bonds is 6. The Morgan fingerprint density at radius 1 is 1.07 bits per heavy atom. The molecule has 0 aliphatic carbocycles. The minimum Gasteiger partial charge on any atom is -0.503 e. The van der Waals surface area contributed by atoms with Crippen molar-refractivity contribution < 1.29 is 19.1 Å². The van der Waals surface area contributed by atoms with Gasteiger partial charge in [-0.05, 0) is 55.2 Å². The van der Waals surface area contributed by atoms with Crippen LogP contribution in [0.2, 0.25) is 0 Å². The topological polar surface area (TPSA) is 70.8 Å². The molecule has 1 aliphatic rings. The number of hydrogen-bond acceptors (Lipinski definition) is 4. The van der Waals surface area contributed by atoms with Gasteiger partial charge in [0.1, 0.15) is 11.8 Å². The first-order chi connectivity index (χ1) is 14.5. The zero-order valence-electron chi connectivity index (χ0n) is 17.0. The highest BCUT2D eigenvalue weighted by Gasteiger charge is 2.45. The van der Waals surface area contributed by atoms with E-state index in [0.29, 0.717) is 17.9 Å². The van der Waals surface area contributed by atoms with E-state index in [1.54, 1.807) is 12.1 Å². The zero-order valence-corrected chi connectivity index (χ0v) is 17.0. The van der Waals surface area contributed by atoms with Crippen molar-refractivity contribution in [2.75, 3.05) is 4.90 Å². The average Bonchev–Trinajstić information content (AvgIpc) is 3.36. The monoisotopic (exact) mass is 401 g/mol. The van der Waals surface area contributed by atoms with Crippen molar-refractivity contribution in [3.05, 3.63) is 101 Å². The summed E-state index contributed by atoms with van der Waals surface area (Å²) in [5, 5.41) is 10.7. The standard InChI is InChI=1S/C25H23NO4/c1-16-10-11-17(2)19(15-16)26-23(21-9-6-14-30-21)22(24(28)25(26)29)20(27)13-12-18-7-4-3-5-8-18/h3-11,14-15,23,28H,12-13H2,1-2H3. The van der Waals surface area contributed by atoms with E-state index in [4.69, 9.17) is 4.42 Å². The first-order valence-corrected chi connectivity index (χ1v) is 9.92. The summed E-state index contributed by atoms with van der Waals surface area (Å²) in [7, 11) is 0. The van der Waals surface area contributed by atoms with Crippen LogP contribution in [0.4, 0.5) is 5.69 Å². The van der Waals surface area contributed by atoms with Crippen molar-refractivity contribution in [1.29, 1.82) is 0 Å². The zero-order chi connectivity index (χ0) is 21.3. The lowest BCUT2D eigenvalue weighted by Gasteiger charge is -2.26.